The van der Waals surface area contributed by atoms with Gasteiger partial charge in [-0.15, -0.1) is 0 Å². The third kappa shape index (κ3) is 2.85. The fraction of sp³-hybridized carbons (Fsp3) is 0.0476. The van der Waals surface area contributed by atoms with Crippen LogP contribution in [0.3, 0.4) is 0 Å². The molecule has 0 aliphatic rings. The molecule has 25 heavy (non-hydrogen) atoms. The second-order valence-electron chi connectivity index (χ2n) is 6.10. The smallest absolute Gasteiger partial charge is 0.206 e. The van der Waals surface area contributed by atoms with Gasteiger partial charge in [0, 0.05) is 18.1 Å². The van der Waals surface area contributed by atoms with E-state index in [9.17, 15) is 8.42 Å². The standard InChI is InChI=1S/C21H17NO2S/c1-16-4-9-20(10-5-16)25(23,24)21-11-7-17-14-19(8-6-18(17)15-21)22-12-2-3-13-22/h2-15H,1H3. The van der Waals surface area contributed by atoms with Gasteiger partial charge in [0.2, 0.25) is 9.84 Å². The highest BCUT2D eigenvalue weighted by Gasteiger charge is 2.17. The van der Waals surface area contributed by atoms with Crippen molar-refractivity contribution in [2.45, 2.75) is 16.7 Å². The zero-order valence-corrected chi connectivity index (χ0v) is 14.6. The summed E-state index contributed by atoms with van der Waals surface area (Å²) in [6.07, 6.45) is 3.97. The summed E-state index contributed by atoms with van der Waals surface area (Å²) in [5.74, 6) is 0. The van der Waals surface area contributed by atoms with E-state index in [1.54, 1.807) is 24.3 Å². The van der Waals surface area contributed by atoms with E-state index in [4.69, 9.17) is 0 Å². The molecule has 3 nitrogen and oxygen atoms in total. The zero-order chi connectivity index (χ0) is 17.4. The predicted molar refractivity (Wildman–Crippen MR) is 99.9 cm³/mol. The number of fused-ring (bicyclic) bond motifs is 1. The molecule has 1 aromatic heterocycles. The Kier molecular flexibility index (Phi) is 3.70. The number of hydrogen-bond acceptors (Lipinski definition) is 2. The molecule has 0 atom stereocenters. The van der Waals surface area contributed by atoms with Gasteiger partial charge in [0.25, 0.3) is 0 Å². The minimum atomic E-state index is -3.51. The predicted octanol–water partition coefficient (Wildman–Crippen LogP) is 4.77. The van der Waals surface area contributed by atoms with Gasteiger partial charge in [-0.2, -0.15) is 0 Å². The van der Waals surface area contributed by atoms with Crippen molar-refractivity contribution >= 4 is 20.6 Å². The number of benzene rings is 3. The van der Waals surface area contributed by atoms with Gasteiger partial charge in [-0.1, -0.05) is 29.8 Å². The maximum absolute atomic E-state index is 12.8. The van der Waals surface area contributed by atoms with E-state index in [1.165, 1.54) is 0 Å². The lowest BCUT2D eigenvalue weighted by Crippen LogP contribution is -2.02. The van der Waals surface area contributed by atoms with E-state index in [-0.39, 0.29) is 0 Å². The zero-order valence-electron chi connectivity index (χ0n) is 13.8. The van der Waals surface area contributed by atoms with Crippen molar-refractivity contribution in [3.05, 3.63) is 90.8 Å². The summed E-state index contributed by atoms with van der Waals surface area (Å²) in [6, 6.07) is 22.2. The Balaban J connectivity index is 1.79. The Labute approximate surface area is 147 Å². The third-order valence-corrected chi connectivity index (χ3v) is 6.11. The molecular weight excluding hydrogens is 330 g/mol. The molecule has 0 N–H and O–H groups in total. The lowest BCUT2D eigenvalue weighted by Gasteiger charge is -2.08. The molecule has 0 bridgehead atoms. The summed E-state index contributed by atoms with van der Waals surface area (Å²) < 4.78 is 27.7. The molecule has 124 valence electrons. The maximum Gasteiger partial charge on any atom is 0.206 e. The molecule has 0 fully saturated rings. The Bertz CT molecular complexity index is 1140. The fourth-order valence-electron chi connectivity index (χ4n) is 2.90. The molecule has 1 heterocycles. The summed E-state index contributed by atoms with van der Waals surface area (Å²) in [6.45, 7) is 1.94. The maximum atomic E-state index is 12.8. The molecule has 0 radical (unpaired) electrons. The van der Waals surface area contributed by atoms with E-state index >= 15 is 0 Å². The van der Waals surface area contributed by atoms with Crippen molar-refractivity contribution in [1.29, 1.82) is 0 Å². The Hall–Kier alpha value is -2.85. The van der Waals surface area contributed by atoms with Crippen LogP contribution < -0.4 is 0 Å². The van der Waals surface area contributed by atoms with Gasteiger partial charge in [-0.05, 0) is 66.2 Å². The highest BCUT2D eigenvalue weighted by atomic mass is 32.2. The number of nitrogens with zero attached hydrogens (tertiary/aromatic N) is 1. The molecular formula is C21H17NO2S. The normalized spacial score (nSPS) is 11.7. The molecule has 0 saturated heterocycles. The molecule has 4 aromatic rings. The Morgan fingerprint density at radius 1 is 0.720 bits per heavy atom. The van der Waals surface area contributed by atoms with Crippen LogP contribution >= 0.6 is 0 Å². The van der Waals surface area contributed by atoms with Crippen molar-refractivity contribution in [1.82, 2.24) is 4.57 Å². The second kappa shape index (κ2) is 5.90. The number of aromatic nitrogens is 1. The first-order valence-corrected chi connectivity index (χ1v) is 9.51. The first-order valence-electron chi connectivity index (χ1n) is 8.03. The van der Waals surface area contributed by atoms with Gasteiger partial charge in [0.05, 0.1) is 9.79 Å². The minimum absolute atomic E-state index is 0.317. The first kappa shape index (κ1) is 15.7. The summed E-state index contributed by atoms with van der Waals surface area (Å²) >= 11 is 0. The van der Waals surface area contributed by atoms with Crippen LogP contribution in [0, 0.1) is 6.92 Å². The van der Waals surface area contributed by atoms with Gasteiger partial charge in [0.15, 0.2) is 0 Å². The van der Waals surface area contributed by atoms with Crippen molar-refractivity contribution in [2.24, 2.45) is 0 Å². The summed E-state index contributed by atoms with van der Waals surface area (Å²) in [4.78, 5) is 0.638. The van der Waals surface area contributed by atoms with Crippen LogP contribution in [-0.4, -0.2) is 13.0 Å². The van der Waals surface area contributed by atoms with Crippen molar-refractivity contribution in [3.63, 3.8) is 0 Å². The molecule has 0 amide bonds. The molecule has 4 heteroatoms. The highest BCUT2D eigenvalue weighted by Crippen LogP contribution is 2.26. The molecule has 0 saturated carbocycles. The average molecular weight is 347 g/mol. The van der Waals surface area contributed by atoms with E-state index in [0.717, 1.165) is 22.0 Å². The van der Waals surface area contributed by atoms with Crippen molar-refractivity contribution in [3.8, 4) is 5.69 Å². The number of rotatable bonds is 3. The number of hydrogen-bond donors (Lipinski definition) is 0. The fourth-order valence-corrected chi connectivity index (χ4v) is 4.19. The Morgan fingerprint density at radius 2 is 1.32 bits per heavy atom. The molecule has 0 aliphatic heterocycles. The molecule has 4 rings (SSSR count). The third-order valence-electron chi connectivity index (χ3n) is 4.34. The minimum Gasteiger partial charge on any atom is -0.324 e. The van der Waals surface area contributed by atoms with Crippen LogP contribution in [0.25, 0.3) is 16.5 Å². The first-order chi connectivity index (χ1) is 12.0. The SMILES string of the molecule is Cc1ccc(S(=O)(=O)c2ccc3cc(-n4cccc4)ccc3c2)cc1. The highest BCUT2D eigenvalue weighted by molar-refractivity contribution is 7.91. The molecule has 3 aromatic carbocycles. The number of sulfone groups is 1. The van der Waals surface area contributed by atoms with E-state index < -0.39 is 9.84 Å². The van der Waals surface area contributed by atoms with Crippen molar-refractivity contribution < 1.29 is 8.42 Å². The van der Waals surface area contributed by atoms with Gasteiger partial charge < -0.3 is 4.57 Å². The van der Waals surface area contributed by atoms with Crippen LogP contribution in [0.5, 0.6) is 0 Å². The van der Waals surface area contributed by atoms with Gasteiger partial charge in [-0.25, -0.2) is 8.42 Å². The van der Waals surface area contributed by atoms with Crippen LogP contribution in [0.4, 0.5) is 0 Å². The Morgan fingerprint density at radius 3 is 2.04 bits per heavy atom. The van der Waals surface area contributed by atoms with Gasteiger partial charge in [-0.3, -0.25) is 0 Å². The van der Waals surface area contributed by atoms with Gasteiger partial charge in [0.1, 0.15) is 0 Å². The largest absolute Gasteiger partial charge is 0.324 e. The quantitative estimate of drug-likeness (QED) is 0.535. The summed E-state index contributed by atoms with van der Waals surface area (Å²) in [7, 11) is -3.51. The van der Waals surface area contributed by atoms with Crippen molar-refractivity contribution in [2.75, 3.05) is 0 Å². The van der Waals surface area contributed by atoms with Crippen LogP contribution in [-0.2, 0) is 9.84 Å². The summed E-state index contributed by atoms with van der Waals surface area (Å²) in [5, 5.41) is 1.91. The van der Waals surface area contributed by atoms with E-state index in [0.29, 0.717) is 9.79 Å². The average Bonchev–Trinajstić information content (AvgIpc) is 3.16. The second-order valence-corrected chi connectivity index (χ2v) is 8.05. The van der Waals surface area contributed by atoms with Crippen LogP contribution in [0.2, 0.25) is 0 Å². The monoisotopic (exact) mass is 347 g/mol. The van der Waals surface area contributed by atoms with E-state index in [2.05, 4.69) is 6.07 Å². The molecule has 0 spiro atoms. The van der Waals surface area contributed by atoms with Crippen LogP contribution in [0.15, 0.2) is 95.0 Å². The lowest BCUT2D eigenvalue weighted by atomic mass is 10.1. The van der Waals surface area contributed by atoms with Crippen LogP contribution in [0.1, 0.15) is 5.56 Å². The summed E-state index contributed by atoms with van der Waals surface area (Å²) in [5.41, 5.74) is 2.08. The topological polar surface area (TPSA) is 39.1 Å². The number of aryl methyl sites for hydroxylation is 1. The lowest BCUT2D eigenvalue weighted by molar-refractivity contribution is 0.596. The molecule has 0 aliphatic carbocycles. The van der Waals surface area contributed by atoms with E-state index in [1.807, 2.05) is 66.3 Å². The molecule has 0 unspecified atom stereocenters. The van der Waals surface area contributed by atoms with Gasteiger partial charge >= 0.3 is 0 Å².